The van der Waals surface area contributed by atoms with E-state index in [1.807, 2.05) is 38.1 Å². The summed E-state index contributed by atoms with van der Waals surface area (Å²) in [5.41, 5.74) is 0.673. The number of amidine groups is 1. The summed E-state index contributed by atoms with van der Waals surface area (Å²) < 4.78 is 0. The second-order valence-corrected chi connectivity index (χ2v) is 8.36. The summed E-state index contributed by atoms with van der Waals surface area (Å²) in [4.78, 5) is 45.3. The quantitative estimate of drug-likeness (QED) is 0.621. The minimum atomic E-state index is -0.761. The number of likely N-dealkylation sites (N-methyl/N-ethyl adjacent to an activating group) is 1. The highest BCUT2D eigenvalue weighted by Gasteiger charge is 2.47. The molecule has 166 valence electrons. The fourth-order valence-electron chi connectivity index (χ4n) is 3.87. The molecule has 4 atom stereocenters. The van der Waals surface area contributed by atoms with Gasteiger partial charge in [0.2, 0.25) is 11.8 Å². The lowest BCUT2D eigenvalue weighted by molar-refractivity contribution is -0.138. The largest absolute Gasteiger partial charge is 0.343 e. The molecule has 0 aromatic heterocycles. The number of rotatable bonds is 7. The van der Waals surface area contributed by atoms with Crippen LogP contribution in [0.3, 0.4) is 0 Å². The number of likely N-dealkylation sites (tertiary alicyclic amines) is 1. The van der Waals surface area contributed by atoms with Crippen LogP contribution < -0.4 is 16.0 Å². The van der Waals surface area contributed by atoms with Crippen LogP contribution in [0.15, 0.2) is 47.6 Å². The number of benzene rings is 1. The average Bonchev–Trinajstić information content (AvgIpc) is 3.16. The molecule has 0 bridgehead atoms. The summed E-state index contributed by atoms with van der Waals surface area (Å²) in [6.07, 6.45) is 4.85. The highest BCUT2D eigenvalue weighted by atomic mass is 16.2. The molecule has 1 aromatic rings. The molecule has 0 spiro atoms. The summed E-state index contributed by atoms with van der Waals surface area (Å²) in [7, 11) is 1.69. The van der Waals surface area contributed by atoms with Crippen LogP contribution in [-0.2, 0) is 14.4 Å². The van der Waals surface area contributed by atoms with Crippen molar-refractivity contribution < 1.29 is 14.4 Å². The molecule has 3 rings (SSSR count). The van der Waals surface area contributed by atoms with Gasteiger partial charge in [0.1, 0.15) is 17.9 Å². The average molecular weight is 426 g/mol. The first-order valence-corrected chi connectivity index (χ1v) is 10.7. The molecule has 1 fully saturated rings. The molecule has 2 aliphatic heterocycles. The van der Waals surface area contributed by atoms with Crippen molar-refractivity contribution in [2.45, 2.75) is 51.7 Å². The lowest BCUT2D eigenvalue weighted by atomic mass is 9.99. The van der Waals surface area contributed by atoms with E-state index in [0.717, 1.165) is 6.42 Å². The Morgan fingerprint density at radius 3 is 2.48 bits per heavy atom. The molecule has 8 heteroatoms. The number of carbonyl (C=O) groups is 3. The SMILES string of the molecule is CN[C@@H](C)C(=O)NC(C(=O)N1C2=NC=CCC2CC1C(=O)Nc1ccccc1)C(C)C. The number of nitrogens with one attached hydrogen (secondary N) is 3. The minimum absolute atomic E-state index is 0.000203. The first kappa shape index (κ1) is 22.7. The third-order valence-electron chi connectivity index (χ3n) is 5.80. The van der Waals surface area contributed by atoms with E-state index >= 15 is 0 Å². The van der Waals surface area contributed by atoms with Gasteiger partial charge in [0.25, 0.3) is 5.91 Å². The van der Waals surface area contributed by atoms with E-state index in [1.54, 1.807) is 32.3 Å². The van der Waals surface area contributed by atoms with E-state index in [4.69, 9.17) is 0 Å². The van der Waals surface area contributed by atoms with E-state index in [-0.39, 0.29) is 29.6 Å². The zero-order valence-corrected chi connectivity index (χ0v) is 18.5. The third kappa shape index (κ3) is 5.02. The van der Waals surface area contributed by atoms with Crippen molar-refractivity contribution in [3.8, 4) is 0 Å². The van der Waals surface area contributed by atoms with Crippen LogP contribution in [0.1, 0.15) is 33.6 Å². The zero-order chi connectivity index (χ0) is 22.5. The van der Waals surface area contributed by atoms with Crippen LogP contribution in [0, 0.1) is 11.8 Å². The van der Waals surface area contributed by atoms with Crippen LogP contribution >= 0.6 is 0 Å². The van der Waals surface area contributed by atoms with Gasteiger partial charge in [-0.3, -0.25) is 19.3 Å². The highest BCUT2D eigenvalue weighted by Crippen LogP contribution is 2.33. The highest BCUT2D eigenvalue weighted by molar-refractivity contribution is 6.10. The van der Waals surface area contributed by atoms with Gasteiger partial charge < -0.3 is 16.0 Å². The van der Waals surface area contributed by atoms with E-state index in [0.29, 0.717) is 17.9 Å². The van der Waals surface area contributed by atoms with Crippen molar-refractivity contribution in [1.82, 2.24) is 15.5 Å². The predicted octanol–water partition coefficient (Wildman–Crippen LogP) is 1.91. The summed E-state index contributed by atoms with van der Waals surface area (Å²) in [6, 6.07) is 7.29. The molecule has 1 saturated heterocycles. The maximum Gasteiger partial charge on any atom is 0.251 e. The Morgan fingerprint density at radius 1 is 1.13 bits per heavy atom. The molecule has 31 heavy (non-hydrogen) atoms. The van der Waals surface area contributed by atoms with Gasteiger partial charge in [0.05, 0.1) is 6.04 Å². The number of hydrogen-bond acceptors (Lipinski definition) is 5. The Labute approximate surface area is 183 Å². The number of nitrogens with zero attached hydrogens (tertiary/aromatic N) is 2. The molecule has 2 aliphatic rings. The maximum absolute atomic E-state index is 13.7. The summed E-state index contributed by atoms with van der Waals surface area (Å²) >= 11 is 0. The second-order valence-electron chi connectivity index (χ2n) is 8.36. The smallest absolute Gasteiger partial charge is 0.251 e. The molecule has 8 nitrogen and oxygen atoms in total. The molecule has 2 heterocycles. The van der Waals surface area contributed by atoms with Gasteiger partial charge in [-0.1, -0.05) is 38.1 Å². The summed E-state index contributed by atoms with van der Waals surface area (Å²) in [6.45, 7) is 5.49. The maximum atomic E-state index is 13.7. The first-order chi connectivity index (χ1) is 14.8. The van der Waals surface area contributed by atoms with Gasteiger partial charge >= 0.3 is 0 Å². The van der Waals surface area contributed by atoms with E-state index < -0.39 is 18.1 Å². The number of para-hydroxylation sites is 1. The van der Waals surface area contributed by atoms with Crippen LogP contribution in [0.4, 0.5) is 5.69 Å². The van der Waals surface area contributed by atoms with Crippen molar-refractivity contribution in [2.24, 2.45) is 16.8 Å². The Morgan fingerprint density at radius 2 is 1.84 bits per heavy atom. The normalized spacial score (nSPS) is 21.8. The summed E-state index contributed by atoms with van der Waals surface area (Å²) in [5.74, 6) is -0.383. The zero-order valence-electron chi connectivity index (χ0n) is 18.5. The second kappa shape index (κ2) is 9.87. The third-order valence-corrected chi connectivity index (χ3v) is 5.80. The number of fused-ring (bicyclic) bond motifs is 1. The van der Waals surface area contributed by atoms with Crippen molar-refractivity contribution in [3.63, 3.8) is 0 Å². The number of carbonyl (C=O) groups excluding carboxylic acids is 3. The van der Waals surface area contributed by atoms with E-state index in [2.05, 4.69) is 20.9 Å². The standard InChI is InChI=1S/C23H31N5O3/c1-14(2)19(27-21(29)15(3)24-4)23(31)28-18(13-16-9-8-12-25-20(16)28)22(30)26-17-10-6-5-7-11-17/h5-8,10-12,14-16,18-19,24H,9,13H2,1-4H3,(H,26,30)(H,27,29)/t15-,16?,18?,19?/m0/s1. The molecule has 1 aromatic carbocycles. The van der Waals surface area contributed by atoms with Gasteiger partial charge in [0.15, 0.2) is 0 Å². The van der Waals surface area contributed by atoms with Crippen molar-refractivity contribution in [2.75, 3.05) is 12.4 Å². The fourth-order valence-corrected chi connectivity index (χ4v) is 3.87. The lowest BCUT2D eigenvalue weighted by Crippen LogP contribution is -2.57. The van der Waals surface area contributed by atoms with Crippen molar-refractivity contribution in [1.29, 1.82) is 0 Å². The molecule has 0 radical (unpaired) electrons. The first-order valence-electron chi connectivity index (χ1n) is 10.7. The van der Waals surface area contributed by atoms with Crippen LogP contribution in [-0.4, -0.2) is 53.6 Å². The van der Waals surface area contributed by atoms with E-state index in [1.165, 1.54) is 4.90 Å². The number of amides is 3. The number of allylic oxidation sites excluding steroid dienone is 1. The fraction of sp³-hybridized carbons (Fsp3) is 0.478. The lowest BCUT2D eigenvalue weighted by Gasteiger charge is -2.31. The molecule has 3 N–H and O–H groups in total. The topological polar surface area (TPSA) is 103 Å². The molecular weight excluding hydrogens is 394 g/mol. The molecule has 0 saturated carbocycles. The van der Waals surface area contributed by atoms with Crippen LogP contribution in [0.5, 0.6) is 0 Å². The molecule has 0 aliphatic carbocycles. The van der Waals surface area contributed by atoms with Crippen LogP contribution in [0.25, 0.3) is 0 Å². The van der Waals surface area contributed by atoms with Gasteiger partial charge in [0, 0.05) is 17.8 Å². The Kier molecular flexibility index (Phi) is 7.22. The Balaban J connectivity index is 1.87. The monoisotopic (exact) mass is 425 g/mol. The minimum Gasteiger partial charge on any atom is -0.343 e. The van der Waals surface area contributed by atoms with Crippen molar-refractivity contribution >= 4 is 29.2 Å². The van der Waals surface area contributed by atoms with Gasteiger partial charge in [-0.15, -0.1) is 0 Å². The van der Waals surface area contributed by atoms with Gasteiger partial charge in [-0.05, 0) is 44.9 Å². The molecular formula is C23H31N5O3. The molecule has 3 amide bonds. The van der Waals surface area contributed by atoms with Crippen LogP contribution in [0.2, 0.25) is 0 Å². The summed E-state index contributed by atoms with van der Waals surface area (Å²) in [5, 5.41) is 8.64. The Hall–Kier alpha value is -3.00. The molecule has 3 unspecified atom stereocenters. The number of anilines is 1. The van der Waals surface area contributed by atoms with Gasteiger partial charge in [-0.25, -0.2) is 4.99 Å². The Bertz CT molecular complexity index is 880. The number of hydrogen-bond donors (Lipinski definition) is 3. The predicted molar refractivity (Wildman–Crippen MR) is 120 cm³/mol. The van der Waals surface area contributed by atoms with Crippen molar-refractivity contribution in [3.05, 3.63) is 42.6 Å². The number of aliphatic imine (C=N–C) groups is 1. The van der Waals surface area contributed by atoms with Gasteiger partial charge in [-0.2, -0.15) is 0 Å². The van der Waals surface area contributed by atoms with E-state index in [9.17, 15) is 14.4 Å².